The molecule has 2 saturated heterocycles. The smallest absolute Gasteiger partial charge is 0.409 e. The summed E-state index contributed by atoms with van der Waals surface area (Å²) in [7, 11) is 3.15. The number of amides is 1. The Balaban J connectivity index is 0.000000190. The van der Waals surface area contributed by atoms with Crippen molar-refractivity contribution in [2.75, 3.05) is 50.0 Å². The quantitative estimate of drug-likeness (QED) is 0.132. The summed E-state index contributed by atoms with van der Waals surface area (Å²) in [6.07, 6.45) is 6.27. The van der Waals surface area contributed by atoms with Gasteiger partial charge in [-0.15, -0.1) is 0 Å². The lowest BCUT2D eigenvalue weighted by Crippen LogP contribution is -2.42. The van der Waals surface area contributed by atoms with Gasteiger partial charge in [0.05, 0.1) is 13.2 Å². The molecular weight excluding hydrogens is 826 g/mol. The molecule has 0 saturated carbocycles. The molecule has 0 aliphatic carbocycles. The first-order valence-corrected chi connectivity index (χ1v) is 20.5. The van der Waals surface area contributed by atoms with Crippen LogP contribution in [0.4, 0.5) is 29.9 Å². The number of fused-ring (bicyclic) bond motifs is 2. The first-order valence-electron chi connectivity index (χ1n) is 20.5. The fourth-order valence-corrected chi connectivity index (χ4v) is 7.10. The van der Waals surface area contributed by atoms with Gasteiger partial charge in [-0.2, -0.15) is 9.97 Å². The Labute approximate surface area is 359 Å². The Hall–Kier alpha value is -6.96. The third kappa shape index (κ3) is 10.6. The molecule has 3 N–H and O–H groups in total. The summed E-state index contributed by atoms with van der Waals surface area (Å²) < 4.78 is 64.9. The number of rotatable bonds is 11. The van der Waals surface area contributed by atoms with Crippen molar-refractivity contribution in [1.82, 2.24) is 39.3 Å². The van der Waals surface area contributed by atoms with Crippen molar-refractivity contribution in [3.63, 3.8) is 0 Å². The summed E-state index contributed by atoms with van der Waals surface area (Å²) in [4.78, 5) is 56.8. The Morgan fingerprint density at radius 3 is 1.76 bits per heavy atom. The summed E-state index contributed by atoms with van der Waals surface area (Å²) in [6, 6.07) is 10.1. The van der Waals surface area contributed by atoms with Crippen LogP contribution in [0.3, 0.4) is 0 Å². The summed E-state index contributed by atoms with van der Waals surface area (Å²) in [5, 5.41) is 11.1. The van der Waals surface area contributed by atoms with Crippen molar-refractivity contribution in [1.29, 1.82) is 0 Å². The molecule has 4 aromatic heterocycles. The standard InChI is InChI=1S/C22H23F2N5O4.C21H24FN5O3/c1-3-32-22(31)29-8-6-15(7-9-29)26-21-25-12-13-10-18(20(30)28(2)19(13)27-21)33-17-5-4-14(23)11-16(17)24;1-3-29-17-11-14(22)4-5-16(17)30-18-10-13-12-24-21(25-15-6-8-23-9-7-15)26-19(13)27(2)20(18)28/h4-5,10-12,15H,3,6-9H2,1-2H3,(H,25,26,27);4-5,10-12,15,23H,3,6-9H2,1-2H3,(H,24,25,26). The molecule has 6 aromatic rings. The van der Waals surface area contributed by atoms with E-state index in [1.165, 1.54) is 46.6 Å². The van der Waals surface area contributed by atoms with Crippen molar-refractivity contribution in [3.05, 3.63) is 99.1 Å². The van der Waals surface area contributed by atoms with E-state index in [9.17, 15) is 27.6 Å². The van der Waals surface area contributed by atoms with Crippen LogP contribution in [-0.4, -0.2) is 91.5 Å². The van der Waals surface area contributed by atoms with Crippen LogP contribution in [0.15, 0.2) is 70.5 Å². The molecule has 0 spiro atoms. The summed E-state index contributed by atoms with van der Waals surface area (Å²) in [5.41, 5.74) is -0.0179. The maximum Gasteiger partial charge on any atom is 0.409 e. The maximum atomic E-state index is 13.9. The normalized spacial score (nSPS) is 14.5. The number of hydrogen-bond donors (Lipinski definition) is 3. The van der Waals surface area contributed by atoms with Crippen LogP contribution in [0, 0.1) is 17.5 Å². The molecule has 63 heavy (non-hydrogen) atoms. The third-order valence-corrected chi connectivity index (χ3v) is 10.4. The van der Waals surface area contributed by atoms with Crippen LogP contribution in [0.25, 0.3) is 22.1 Å². The largest absolute Gasteiger partial charge is 0.490 e. The second-order valence-corrected chi connectivity index (χ2v) is 14.8. The number of ether oxygens (including phenoxy) is 4. The van der Waals surface area contributed by atoms with Gasteiger partial charge in [0, 0.05) is 74.6 Å². The number of nitrogens with one attached hydrogen (secondary N) is 3. The van der Waals surface area contributed by atoms with Crippen LogP contribution in [0.5, 0.6) is 28.7 Å². The molecule has 0 bridgehead atoms. The zero-order valence-corrected chi connectivity index (χ0v) is 35.1. The maximum absolute atomic E-state index is 13.9. The molecule has 0 radical (unpaired) electrons. The van der Waals surface area contributed by atoms with Crippen LogP contribution in [0.2, 0.25) is 0 Å². The molecule has 2 aliphatic heterocycles. The highest BCUT2D eigenvalue weighted by Crippen LogP contribution is 2.32. The fourth-order valence-electron chi connectivity index (χ4n) is 7.10. The van der Waals surface area contributed by atoms with Crippen LogP contribution in [0.1, 0.15) is 39.5 Å². The van der Waals surface area contributed by atoms with E-state index in [1.54, 1.807) is 38.1 Å². The lowest BCUT2D eigenvalue weighted by molar-refractivity contribution is 0.0983. The fraction of sp³-hybridized carbons (Fsp3) is 0.372. The van der Waals surface area contributed by atoms with Crippen molar-refractivity contribution < 1.29 is 36.9 Å². The Kier molecular flexibility index (Phi) is 13.9. The number of carbonyl (C=O) groups is 1. The summed E-state index contributed by atoms with van der Waals surface area (Å²) in [6.45, 7) is 7.27. The average molecular weight is 873 g/mol. The predicted octanol–water partition coefficient (Wildman–Crippen LogP) is 6.25. The molecule has 17 nitrogen and oxygen atoms in total. The van der Waals surface area contributed by atoms with E-state index in [2.05, 4.69) is 35.9 Å². The monoisotopic (exact) mass is 872 g/mol. The second kappa shape index (κ2) is 19.8. The van der Waals surface area contributed by atoms with Gasteiger partial charge in [-0.3, -0.25) is 18.7 Å². The van der Waals surface area contributed by atoms with Gasteiger partial charge in [-0.05, 0) is 89.0 Å². The van der Waals surface area contributed by atoms with Gasteiger partial charge in [0.2, 0.25) is 11.9 Å². The highest BCUT2D eigenvalue weighted by Gasteiger charge is 2.25. The number of benzene rings is 2. The van der Waals surface area contributed by atoms with Gasteiger partial charge in [-0.25, -0.2) is 27.9 Å². The number of halogens is 3. The van der Waals surface area contributed by atoms with Crippen molar-refractivity contribution >= 4 is 40.1 Å². The Morgan fingerprint density at radius 1 is 0.698 bits per heavy atom. The zero-order valence-electron chi connectivity index (χ0n) is 35.1. The van der Waals surface area contributed by atoms with E-state index in [1.807, 2.05) is 0 Å². The number of aryl methyl sites for hydroxylation is 2. The van der Waals surface area contributed by atoms with Gasteiger partial charge in [0.25, 0.3) is 11.1 Å². The molecule has 20 heteroatoms. The van der Waals surface area contributed by atoms with Crippen molar-refractivity contribution in [2.24, 2.45) is 14.1 Å². The van der Waals surface area contributed by atoms with Crippen molar-refractivity contribution in [2.45, 2.75) is 51.6 Å². The van der Waals surface area contributed by atoms with E-state index in [0.29, 0.717) is 85.2 Å². The number of nitrogens with zero attached hydrogens (tertiary/aromatic N) is 7. The molecule has 2 aromatic carbocycles. The molecule has 6 heterocycles. The van der Waals surface area contributed by atoms with Gasteiger partial charge < -0.3 is 39.8 Å². The van der Waals surface area contributed by atoms with Crippen LogP contribution in [-0.2, 0) is 18.8 Å². The number of hydrogen-bond acceptors (Lipinski definition) is 14. The second-order valence-electron chi connectivity index (χ2n) is 14.8. The van der Waals surface area contributed by atoms with Gasteiger partial charge in [-0.1, -0.05) is 0 Å². The van der Waals surface area contributed by atoms with E-state index in [0.717, 1.165) is 38.1 Å². The zero-order chi connectivity index (χ0) is 44.6. The topological polar surface area (TPSA) is 189 Å². The van der Waals surface area contributed by atoms with Gasteiger partial charge in [0.1, 0.15) is 22.9 Å². The number of carbonyl (C=O) groups excluding carboxylic acids is 1. The first-order chi connectivity index (χ1) is 30.4. The minimum Gasteiger partial charge on any atom is -0.490 e. The molecular formula is C43H47F3N10O7. The number of likely N-dealkylation sites (tertiary alicyclic amines) is 1. The third-order valence-electron chi connectivity index (χ3n) is 10.4. The van der Waals surface area contributed by atoms with Crippen LogP contribution >= 0.6 is 0 Å². The first kappa shape index (κ1) is 44.1. The van der Waals surface area contributed by atoms with Crippen LogP contribution < -0.4 is 41.3 Å². The van der Waals surface area contributed by atoms with E-state index < -0.39 is 23.0 Å². The Morgan fingerprint density at radius 2 is 1.22 bits per heavy atom. The number of aromatic nitrogens is 6. The van der Waals surface area contributed by atoms with E-state index >= 15 is 0 Å². The molecule has 332 valence electrons. The van der Waals surface area contributed by atoms with E-state index in [-0.39, 0.29) is 46.4 Å². The molecule has 8 rings (SSSR count). The number of anilines is 2. The molecule has 2 aliphatic rings. The predicted molar refractivity (Wildman–Crippen MR) is 228 cm³/mol. The molecule has 0 unspecified atom stereocenters. The highest BCUT2D eigenvalue weighted by atomic mass is 19.1. The highest BCUT2D eigenvalue weighted by molar-refractivity contribution is 5.78. The average Bonchev–Trinajstić information content (AvgIpc) is 3.27. The summed E-state index contributed by atoms with van der Waals surface area (Å²) >= 11 is 0. The molecule has 0 atom stereocenters. The Bertz CT molecular complexity index is 2720. The van der Waals surface area contributed by atoms with Gasteiger partial charge in [0.15, 0.2) is 34.6 Å². The van der Waals surface area contributed by atoms with Gasteiger partial charge >= 0.3 is 6.09 Å². The minimum absolute atomic E-state index is 0.0641. The number of pyridine rings is 2. The minimum atomic E-state index is -0.915. The molecule has 1 amide bonds. The van der Waals surface area contributed by atoms with Crippen molar-refractivity contribution in [3.8, 4) is 28.7 Å². The number of piperidine rings is 2. The summed E-state index contributed by atoms with van der Waals surface area (Å²) in [5.74, 6) is -1.07. The SMILES string of the molecule is CCOC(=O)N1CCC(Nc2ncc3cc(Oc4ccc(F)cc4F)c(=O)n(C)c3n2)CC1.CCOc1cc(F)ccc1Oc1cc2cnc(NC3CCNCC3)nc2n(C)c1=O. The lowest BCUT2D eigenvalue weighted by Gasteiger charge is -2.31. The van der Waals surface area contributed by atoms with E-state index in [4.69, 9.17) is 18.9 Å². The molecule has 2 fully saturated rings. The lowest BCUT2D eigenvalue weighted by atomic mass is 10.1.